The molecule has 0 radical (unpaired) electrons. The van der Waals surface area contributed by atoms with Gasteiger partial charge in [-0.25, -0.2) is 14.6 Å². The molecule has 6 heteroatoms. The number of nitrogens with zero attached hydrogens (tertiary/aromatic N) is 2. The molecule has 0 aliphatic carbocycles. The highest BCUT2D eigenvalue weighted by Crippen LogP contribution is 2.22. The van der Waals surface area contributed by atoms with E-state index in [4.69, 9.17) is 5.11 Å². The van der Waals surface area contributed by atoms with Crippen LogP contribution < -0.4 is 5.32 Å². The standard InChI is InChI=1S/C15H21N3O3/c1-2-6-11-7-3-4-10-18(11)15(21)17-12-8-5-9-16-13(12)14(19)20/h5,8-9,11H,2-4,6-7,10H2,1H3,(H,17,21)(H,19,20). The van der Waals surface area contributed by atoms with Gasteiger partial charge in [-0.2, -0.15) is 0 Å². The molecule has 0 spiro atoms. The van der Waals surface area contributed by atoms with Gasteiger partial charge >= 0.3 is 12.0 Å². The van der Waals surface area contributed by atoms with Crippen molar-refractivity contribution in [1.82, 2.24) is 9.88 Å². The van der Waals surface area contributed by atoms with Gasteiger partial charge in [-0.3, -0.25) is 0 Å². The Balaban J connectivity index is 2.11. The van der Waals surface area contributed by atoms with Crippen molar-refractivity contribution in [2.45, 2.75) is 45.1 Å². The van der Waals surface area contributed by atoms with Gasteiger partial charge in [0.1, 0.15) is 0 Å². The largest absolute Gasteiger partial charge is 0.476 e. The van der Waals surface area contributed by atoms with E-state index >= 15 is 0 Å². The van der Waals surface area contributed by atoms with Crippen LogP contribution in [0.4, 0.5) is 10.5 Å². The minimum Gasteiger partial charge on any atom is -0.476 e. The molecule has 1 aromatic heterocycles. The summed E-state index contributed by atoms with van der Waals surface area (Å²) in [5, 5.41) is 11.8. The first-order valence-corrected chi connectivity index (χ1v) is 7.39. The molecule has 2 amide bonds. The van der Waals surface area contributed by atoms with Crippen LogP contribution in [0, 0.1) is 0 Å². The molecule has 0 aromatic carbocycles. The van der Waals surface area contributed by atoms with Gasteiger partial charge < -0.3 is 15.3 Å². The number of piperidine rings is 1. The first-order chi connectivity index (χ1) is 10.1. The number of carbonyl (C=O) groups is 2. The van der Waals surface area contributed by atoms with Crippen LogP contribution in [0.5, 0.6) is 0 Å². The molecular weight excluding hydrogens is 270 g/mol. The first-order valence-electron chi connectivity index (χ1n) is 7.39. The topological polar surface area (TPSA) is 82.5 Å². The Morgan fingerprint density at radius 1 is 1.48 bits per heavy atom. The van der Waals surface area contributed by atoms with Crippen molar-refractivity contribution < 1.29 is 14.7 Å². The third kappa shape index (κ3) is 3.71. The summed E-state index contributed by atoms with van der Waals surface area (Å²) in [6.07, 6.45) is 6.56. The molecule has 2 heterocycles. The van der Waals surface area contributed by atoms with Gasteiger partial charge in [-0.15, -0.1) is 0 Å². The molecule has 114 valence electrons. The fraction of sp³-hybridized carbons (Fsp3) is 0.533. The normalized spacial score (nSPS) is 18.3. The molecule has 2 rings (SSSR count). The van der Waals surface area contributed by atoms with E-state index in [0.717, 1.165) is 38.6 Å². The van der Waals surface area contributed by atoms with E-state index in [1.54, 1.807) is 12.1 Å². The zero-order valence-corrected chi connectivity index (χ0v) is 12.2. The molecule has 1 saturated heterocycles. The average molecular weight is 291 g/mol. The van der Waals surface area contributed by atoms with Crippen molar-refractivity contribution in [3.05, 3.63) is 24.0 Å². The number of rotatable bonds is 4. The zero-order valence-electron chi connectivity index (χ0n) is 12.2. The molecule has 1 atom stereocenters. The van der Waals surface area contributed by atoms with Crippen molar-refractivity contribution in [2.75, 3.05) is 11.9 Å². The maximum Gasteiger partial charge on any atom is 0.356 e. The maximum absolute atomic E-state index is 12.4. The van der Waals surface area contributed by atoms with E-state index in [-0.39, 0.29) is 23.5 Å². The number of aromatic nitrogens is 1. The van der Waals surface area contributed by atoms with Crippen LogP contribution in [0.3, 0.4) is 0 Å². The lowest BCUT2D eigenvalue weighted by molar-refractivity contribution is 0.0691. The number of urea groups is 1. The summed E-state index contributed by atoms with van der Waals surface area (Å²) < 4.78 is 0. The molecule has 1 aromatic rings. The number of anilines is 1. The number of nitrogens with one attached hydrogen (secondary N) is 1. The smallest absolute Gasteiger partial charge is 0.356 e. The SMILES string of the molecule is CCCC1CCCCN1C(=O)Nc1cccnc1C(=O)O. The molecule has 6 nitrogen and oxygen atoms in total. The number of carbonyl (C=O) groups excluding carboxylic acids is 1. The highest BCUT2D eigenvalue weighted by Gasteiger charge is 2.26. The lowest BCUT2D eigenvalue weighted by Crippen LogP contribution is -2.46. The second-order valence-corrected chi connectivity index (χ2v) is 5.27. The van der Waals surface area contributed by atoms with Gasteiger partial charge in [0.15, 0.2) is 5.69 Å². The summed E-state index contributed by atoms with van der Waals surface area (Å²) >= 11 is 0. The number of carboxylic acids is 1. The van der Waals surface area contributed by atoms with E-state index in [0.29, 0.717) is 0 Å². The molecular formula is C15H21N3O3. The molecule has 0 saturated carbocycles. The fourth-order valence-corrected chi connectivity index (χ4v) is 2.76. The second-order valence-electron chi connectivity index (χ2n) is 5.27. The molecule has 1 fully saturated rings. The van der Waals surface area contributed by atoms with Crippen molar-refractivity contribution >= 4 is 17.7 Å². The Morgan fingerprint density at radius 2 is 2.29 bits per heavy atom. The van der Waals surface area contributed by atoms with E-state index in [1.807, 2.05) is 4.90 Å². The Kier molecular flexibility index (Phi) is 5.14. The number of carboxylic acid groups (broad SMARTS) is 1. The van der Waals surface area contributed by atoms with Crippen LogP contribution in [-0.2, 0) is 0 Å². The number of hydrogen-bond acceptors (Lipinski definition) is 3. The highest BCUT2D eigenvalue weighted by atomic mass is 16.4. The van der Waals surface area contributed by atoms with Gasteiger partial charge in [0.25, 0.3) is 0 Å². The Morgan fingerprint density at radius 3 is 3.00 bits per heavy atom. The fourth-order valence-electron chi connectivity index (χ4n) is 2.76. The van der Waals surface area contributed by atoms with E-state index < -0.39 is 5.97 Å². The third-order valence-corrected chi connectivity index (χ3v) is 3.76. The monoisotopic (exact) mass is 291 g/mol. The lowest BCUT2D eigenvalue weighted by Gasteiger charge is -2.35. The summed E-state index contributed by atoms with van der Waals surface area (Å²) in [6, 6.07) is 3.19. The number of aromatic carboxylic acids is 1. The quantitative estimate of drug-likeness (QED) is 0.893. The minimum atomic E-state index is -1.14. The Bertz CT molecular complexity index is 517. The van der Waals surface area contributed by atoms with Crippen LogP contribution in [0.2, 0.25) is 0 Å². The number of hydrogen-bond donors (Lipinski definition) is 2. The summed E-state index contributed by atoms with van der Waals surface area (Å²) in [7, 11) is 0. The average Bonchev–Trinajstić information content (AvgIpc) is 2.48. The minimum absolute atomic E-state index is 0.130. The molecule has 2 N–H and O–H groups in total. The van der Waals surface area contributed by atoms with Gasteiger partial charge in [-0.05, 0) is 37.8 Å². The maximum atomic E-state index is 12.4. The predicted octanol–water partition coefficient (Wildman–Crippen LogP) is 2.97. The van der Waals surface area contributed by atoms with Gasteiger partial charge in [0.05, 0.1) is 5.69 Å². The molecule has 1 unspecified atom stereocenters. The predicted molar refractivity (Wildman–Crippen MR) is 79.5 cm³/mol. The van der Waals surface area contributed by atoms with Crippen LogP contribution in [0.15, 0.2) is 18.3 Å². The lowest BCUT2D eigenvalue weighted by atomic mass is 9.99. The zero-order chi connectivity index (χ0) is 15.2. The summed E-state index contributed by atoms with van der Waals surface area (Å²) in [5.74, 6) is -1.14. The van der Waals surface area contributed by atoms with Crippen LogP contribution in [-0.4, -0.2) is 39.6 Å². The third-order valence-electron chi connectivity index (χ3n) is 3.76. The first kappa shape index (κ1) is 15.3. The van der Waals surface area contributed by atoms with E-state index in [2.05, 4.69) is 17.2 Å². The van der Waals surface area contributed by atoms with Gasteiger partial charge in [-0.1, -0.05) is 13.3 Å². The summed E-state index contributed by atoms with van der Waals surface area (Å²) in [6.45, 7) is 2.83. The van der Waals surface area contributed by atoms with Crippen molar-refractivity contribution in [3.8, 4) is 0 Å². The second kappa shape index (κ2) is 7.06. The molecule has 0 bridgehead atoms. The Labute approximate surface area is 124 Å². The number of likely N-dealkylation sites (tertiary alicyclic amines) is 1. The molecule has 21 heavy (non-hydrogen) atoms. The van der Waals surface area contributed by atoms with E-state index in [9.17, 15) is 9.59 Å². The van der Waals surface area contributed by atoms with Crippen molar-refractivity contribution in [1.29, 1.82) is 0 Å². The van der Waals surface area contributed by atoms with E-state index in [1.165, 1.54) is 6.20 Å². The summed E-state index contributed by atoms with van der Waals surface area (Å²) in [4.78, 5) is 29.2. The highest BCUT2D eigenvalue weighted by molar-refractivity contribution is 5.98. The van der Waals surface area contributed by atoms with Crippen molar-refractivity contribution in [3.63, 3.8) is 0 Å². The van der Waals surface area contributed by atoms with Crippen LogP contribution in [0.25, 0.3) is 0 Å². The number of pyridine rings is 1. The van der Waals surface area contributed by atoms with Crippen molar-refractivity contribution in [2.24, 2.45) is 0 Å². The molecule has 1 aliphatic rings. The number of amides is 2. The van der Waals surface area contributed by atoms with Crippen LogP contribution in [0.1, 0.15) is 49.5 Å². The molecule has 1 aliphatic heterocycles. The van der Waals surface area contributed by atoms with Crippen LogP contribution >= 0.6 is 0 Å². The van der Waals surface area contributed by atoms with Gasteiger partial charge in [0.2, 0.25) is 0 Å². The Hall–Kier alpha value is -2.11. The summed E-state index contributed by atoms with van der Waals surface area (Å²) in [5.41, 5.74) is 0.116. The van der Waals surface area contributed by atoms with Gasteiger partial charge in [0, 0.05) is 18.8 Å².